The van der Waals surface area contributed by atoms with Gasteiger partial charge in [-0.2, -0.15) is 0 Å². The Kier molecular flexibility index (Phi) is 9.60. The Morgan fingerprint density at radius 1 is 1.06 bits per heavy atom. The molecule has 1 saturated heterocycles. The number of benzene rings is 2. The molecule has 2 aromatic rings. The van der Waals surface area contributed by atoms with Crippen molar-refractivity contribution in [3.8, 4) is 17.2 Å². The SMILES string of the molecule is CCC(C)N(CC1CN(Cc2ccc(OC)c(OC)c2)CCO1)C(=O)Cc1ccc(OC)cc1. The van der Waals surface area contributed by atoms with Gasteiger partial charge in [0.05, 0.1) is 40.5 Å². The second kappa shape index (κ2) is 12.6. The van der Waals surface area contributed by atoms with Gasteiger partial charge in [-0.15, -0.1) is 0 Å². The third-order valence-corrected chi connectivity index (χ3v) is 6.43. The number of carbonyl (C=O) groups excluding carboxylic acids is 1. The van der Waals surface area contributed by atoms with E-state index in [-0.39, 0.29) is 18.1 Å². The first kappa shape index (κ1) is 25.8. The van der Waals surface area contributed by atoms with Crippen LogP contribution in [0.25, 0.3) is 0 Å². The average molecular weight is 471 g/mol. The molecule has 186 valence electrons. The standard InChI is InChI=1S/C27H38N2O5/c1-6-20(2)29(27(30)16-21-7-10-23(31-3)11-8-21)19-24-18-28(13-14-34-24)17-22-9-12-25(32-4)26(15-22)33-5/h7-12,15,20,24H,6,13-14,16-19H2,1-5H3. The van der Waals surface area contributed by atoms with Crippen LogP contribution in [0.5, 0.6) is 17.2 Å². The molecule has 7 nitrogen and oxygen atoms in total. The van der Waals surface area contributed by atoms with E-state index in [1.807, 2.05) is 41.3 Å². The van der Waals surface area contributed by atoms with Crippen molar-refractivity contribution in [3.05, 3.63) is 53.6 Å². The van der Waals surface area contributed by atoms with Crippen LogP contribution in [0.2, 0.25) is 0 Å². The molecule has 0 radical (unpaired) electrons. The smallest absolute Gasteiger partial charge is 0.227 e. The van der Waals surface area contributed by atoms with Gasteiger partial charge in [0.25, 0.3) is 0 Å². The van der Waals surface area contributed by atoms with Gasteiger partial charge in [-0.25, -0.2) is 0 Å². The first-order chi connectivity index (χ1) is 16.5. The lowest BCUT2D eigenvalue weighted by atomic mass is 10.1. The maximum Gasteiger partial charge on any atom is 0.227 e. The molecule has 7 heteroatoms. The predicted octanol–water partition coefficient (Wildman–Crippen LogP) is 3.78. The highest BCUT2D eigenvalue weighted by atomic mass is 16.5. The van der Waals surface area contributed by atoms with Crippen molar-refractivity contribution < 1.29 is 23.7 Å². The van der Waals surface area contributed by atoms with Crippen LogP contribution >= 0.6 is 0 Å². The maximum atomic E-state index is 13.2. The lowest BCUT2D eigenvalue weighted by Crippen LogP contribution is -2.50. The summed E-state index contributed by atoms with van der Waals surface area (Å²) >= 11 is 0. The molecule has 3 rings (SSSR count). The average Bonchev–Trinajstić information content (AvgIpc) is 2.87. The second-order valence-electron chi connectivity index (χ2n) is 8.75. The van der Waals surface area contributed by atoms with Crippen molar-refractivity contribution in [2.45, 2.75) is 45.4 Å². The first-order valence-electron chi connectivity index (χ1n) is 11.9. The predicted molar refractivity (Wildman–Crippen MR) is 133 cm³/mol. The Hall–Kier alpha value is -2.77. The molecule has 34 heavy (non-hydrogen) atoms. The molecule has 0 saturated carbocycles. The van der Waals surface area contributed by atoms with Crippen LogP contribution in [0, 0.1) is 0 Å². The minimum absolute atomic E-state index is 0.0253. The summed E-state index contributed by atoms with van der Waals surface area (Å²) in [6.07, 6.45) is 1.25. The van der Waals surface area contributed by atoms with E-state index in [0.717, 1.165) is 54.4 Å². The third kappa shape index (κ3) is 6.87. The number of hydrogen-bond donors (Lipinski definition) is 0. The van der Waals surface area contributed by atoms with E-state index in [9.17, 15) is 4.79 Å². The van der Waals surface area contributed by atoms with Crippen LogP contribution in [0.3, 0.4) is 0 Å². The largest absolute Gasteiger partial charge is 0.497 e. The fourth-order valence-electron chi connectivity index (χ4n) is 4.26. The number of methoxy groups -OCH3 is 3. The quantitative estimate of drug-likeness (QED) is 0.498. The minimum atomic E-state index is -0.0253. The van der Waals surface area contributed by atoms with Crippen molar-refractivity contribution in [1.29, 1.82) is 0 Å². The number of amides is 1. The fourth-order valence-corrected chi connectivity index (χ4v) is 4.26. The number of morpholine rings is 1. The van der Waals surface area contributed by atoms with Crippen LogP contribution in [-0.2, 0) is 22.5 Å². The Balaban J connectivity index is 1.63. The lowest BCUT2D eigenvalue weighted by molar-refractivity contribution is -0.136. The molecule has 0 aromatic heterocycles. The Bertz CT molecular complexity index is 918. The van der Waals surface area contributed by atoms with E-state index in [1.165, 1.54) is 0 Å². The van der Waals surface area contributed by atoms with Crippen LogP contribution < -0.4 is 14.2 Å². The summed E-state index contributed by atoms with van der Waals surface area (Å²) in [6.45, 7) is 7.89. The Morgan fingerprint density at radius 3 is 2.41 bits per heavy atom. The van der Waals surface area contributed by atoms with Crippen molar-refractivity contribution in [1.82, 2.24) is 9.80 Å². The molecule has 0 aliphatic carbocycles. The molecule has 0 spiro atoms. The van der Waals surface area contributed by atoms with Gasteiger partial charge >= 0.3 is 0 Å². The van der Waals surface area contributed by atoms with Gasteiger partial charge in [0.15, 0.2) is 11.5 Å². The summed E-state index contributed by atoms with van der Waals surface area (Å²) in [6, 6.07) is 13.9. The van der Waals surface area contributed by atoms with Crippen LogP contribution in [0.4, 0.5) is 0 Å². The lowest BCUT2D eigenvalue weighted by Gasteiger charge is -2.37. The van der Waals surface area contributed by atoms with Gasteiger partial charge in [0, 0.05) is 32.2 Å². The van der Waals surface area contributed by atoms with E-state index in [2.05, 4.69) is 24.8 Å². The van der Waals surface area contributed by atoms with Crippen LogP contribution in [-0.4, -0.2) is 75.4 Å². The summed E-state index contributed by atoms with van der Waals surface area (Å²) in [5.74, 6) is 2.38. The topological polar surface area (TPSA) is 60.5 Å². The number of rotatable bonds is 11. The highest BCUT2D eigenvalue weighted by molar-refractivity contribution is 5.79. The van der Waals surface area contributed by atoms with Gasteiger partial charge < -0.3 is 23.8 Å². The van der Waals surface area contributed by atoms with Gasteiger partial charge in [-0.3, -0.25) is 9.69 Å². The van der Waals surface area contributed by atoms with Crippen molar-refractivity contribution in [2.24, 2.45) is 0 Å². The zero-order valence-electron chi connectivity index (χ0n) is 21.1. The zero-order valence-corrected chi connectivity index (χ0v) is 21.1. The molecule has 2 unspecified atom stereocenters. The molecule has 2 aromatic carbocycles. The van der Waals surface area contributed by atoms with Gasteiger partial charge in [0.2, 0.25) is 5.91 Å². The maximum absolute atomic E-state index is 13.2. The highest BCUT2D eigenvalue weighted by Crippen LogP contribution is 2.28. The molecule has 1 aliphatic rings. The second-order valence-corrected chi connectivity index (χ2v) is 8.75. The molecular weight excluding hydrogens is 432 g/mol. The molecule has 1 aliphatic heterocycles. The summed E-state index contributed by atoms with van der Waals surface area (Å²) in [5, 5.41) is 0. The number of hydrogen-bond acceptors (Lipinski definition) is 6. The monoisotopic (exact) mass is 470 g/mol. The summed E-state index contributed by atoms with van der Waals surface area (Å²) < 4.78 is 22.1. The first-order valence-corrected chi connectivity index (χ1v) is 11.9. The van der Waals surface area contributed by atoms with E-state index in [0.29, 0.717) is 19.6 Å². The Labute approximate surface area is 203 Å². The van der Waals surface area contributed by atoms with Gasteiger partial charge in [-0.05, 0) is 48.7 Å². The van der Waals surface area contributed by atoms with Crippen LogP contribution in [0.1, 0.15) is 31.4 Å². The van der Waals surface area contributed by atoms with Crippen molar-refractivity contribution in [3.63, 3.8) is 0 Å². The van der Waals surface area contributed by atoms with E-state index in [4.69, 9.17) is 18.9 Å². The minimum Gasteiger partial charge on any atom is -0.497 e. The number of carbonyl (C=O) groups is 1. The fraction of sp³-hybridized carbons (Fsp3) is 0.519. The zero-order chi connectivity index (χ0) is 24.5. The van der Waals surface area contributed by atoms with Gasteiger partial charge in [0.1, 0.15) is 5.75 Å². The highest BCUT2D eigenvalue weighted by Gasteiger charge is 2.27. The molecule has 0 bridgehead atoms. The molecule has 0 N–H and O–H groups in total. The number of ether oxygens (including phenoxy) is 4. The molecular formula is C27H38N2O5. The summed E-state index contributed by atoms with van der Waals surface area (Å²) in [4.78, 5) is 17.6. The van der Waals surface area contributed by atoms with E-state index < -0.39 is 0 Å². The van der Waals surface area contributed by atoms with Crippen LogP contribution in [0.15, 0.2) is 42.5 Å². The summed E-state index contributed by atoms with van der Waals surface area (Å²) in [5.41, 5.74) is 2.14. The van der Waals surface area contributed by atoms with Crippen molar-refractivity contribution in [2.75, 3.05) is 47.6 Å². The Morgan fingerprint density at radius 2 is 1.76 bits per heavy atom. The van der Waals surface area contributed by atoms with Gasteiger partial charge in [-0.1, -0.05) is 25.1 Å². The molecule has 1 heterocycles. The molecule has 1 amide bonds. The third-order valence-electron chi connectivity index (χ3n) is 6.43. The summed E-state index contributed by atoms with van der Waals surface area (Å²) in [7, 11) is 4.94. The molecule has 2 atom stereocenters. The number of nitrogens with zero attached hydrogens (tertiary/aromatic N) is 2. The molecule has 1 fully saturated rings. The van der Waals surface area contributed by atoms with E-state index >= 15 is 0 Å². The normalized spacial score (nSPS) is 17.1. The van der Waals surface area contributed by atoms with E-state index in [1.54, 1.807) is 21.3 Å². The van der Waals surface area contributed by atoms with Crippen molar-refractivity contribution >= 4 is 5.91 Å².